The molecule has 0 aromatic heterocycles. The number of carbonyl (C=O) groups excluding carboxylic acids is 2. The van der Waals surface area contributed by atoms with Gasteiger partial charge in [0.15, 0.2) is 0 Å². The van der Waals surface area contributed by atoms with E-state index in [2.05, 4.69) is 5.32 Å². The molecule has 186 valence electrons. The van der Waals surface area contributed by atoms with Crippen molar-refractivity contribution in [2.24, 2.45) is 0 Å². The van der Waals surface area contributed by atoms with Gasteiger partial charge in [-0.3, -0.25) is 13.9 Å². The summed E-state index contributed by atoms with van der Waals surface area (Å²) in [6, 6.07) is 11.6. The van der Waals surface area contributed by atoms with Gasteiger partial charge in [-0.15, -0.1) is 0 Å². The predicted octanol–water partition coefficient (Wildman–Crippen LogP) is 4.05. The van der Waals surface area contributed by atoms with Crippen LogP contribution in [-0.4, -0.2) is 50.0 Å². The van der Waals surface area contributed by atoms with Crippen LogP contribution in [0, 0.1) is 13.8 Å². The zero-order chi connectivity index (χ0) is 25.6. The van der Waals surface area contributed by atoms with E-state index in [1.807, 2.05) is 45.0 Å². The van der Waals surface area contributed by atoms with Crippen molar-refractivity contribution in [3.63, 3.8) is 0 Å². The minimum atomic E-state index is -3.79. The van der Waals surface area contributed by atoms with Crippen molar-refractivity contribution < 1.29 is 18.0 Å². The van der Waals surface area contributed by atoms with E-state index in [0.29, 0.717) is 16.3 Å². The number of carbonyl (C=O) groups is 2. The number of halogens is 1. The summed E-state index contributed by atoms with van der Waals surface area (Å²) in [4.78, 5) is 27.9. The first-order chi connectivity index (χ1) is 15.8. The largest absolute Gasteiger partial charge is 0.352 e. The van der Waals surface area contributed by atoms with Crippen molar-refractivity contribution in [1.29, 1.82) is 0 Å². The first-order valence-corrected chi connectivity index (χ1v) is 13.4. The second-order valence-corrected chi connectivity index (χ2v) is 11.0. The highest BCUT2D eigenvalue weighted by molar-refractivity contribution is 7.92. The fraction of sp³-hybridized carbons (Fsp3) is 0.440. The Morgan fingerprint density at radius 2 is 1.76 bits per heavy atom. The number of anilines is 1. The van der Waals surface area contributed by atoms with Crippen molar-refractivity contribution in [2.75, 3.05) is 17.1 Å². The molecule has 0 unspecified atom stereocenters. The van der Waals surface area contributed by atoms with Gasteiger partial charge in [-0.25, -0.2) is 8.42 Å². The van der Waals surface area contributed by atoms with E-state index in [4.69, 9.17) is 11.6 Å². The number of aryl methyl sites for hydroxylation is 2. The van der Waals surface area contributed by atoms with Crippen LogP contribution in [0.15, 0.2) is 42.5 Å². The van der Waals surface area contributed by atoms with Crippen LogP contribution in [0.5, 0.6) is 0 Å². The number of nitrogens with zero attached hydrogens (tertiary/aromatic N) is 2. The van der Waals surface area contributed by atoms with Crippen molar-refractivity contribution in [2.45, 2.75) is 59.7 Å². The highest BCUT2D eigenvalue weighted by Crippen LogP contribution is 2.26. The number of amides is 2. The Labute approximate surface area is 208 Å². The second-order valence-electron chi connectivity index (χ2n) is 8.70. The van der Waals surface area contributed by atoms with Gasteiger partial charge in [0.25, 0.3) is 0 Å². The third-order valence-corrected chi connectivity index (χ3v) is 7.07. The first kappa shape index (κ1) is 27.7. The van der Waals surface area contributed by atoms with Crippen LogP contribution in [-0.2, 0) is 26.2 Å². The molecule has 0 aliphatic heterocycles. The maximum atomic E-state index is 13.6. The molecule has 0 saturated carbocycles. The summed E-state index contributed by atoms with van der Waals surface area (Å²) in [5, 5.41) is 3.38. The van der Waals surface area contributed by atoms with Gasteiger partial charge in [-0.2, -0.15) is 0 Å². The summed E-state index contributed by atoms with van der Waals surface area (Å²) in [5.74, 6) is -0.767. The maximum Gasteiger partial charge on any atom is 0.244 e. The predicted molar refractivity (Wildman–Crippen MR) is 137 cm³/mol. The van der Waals surface area contributed by atoms with Crippen LogP contribution >= 0.6 is 11.6 Å². The number of sulfonamides is 1. The molecular weight excluding hydrogens is 474 g/mol. The molecule has 2 aromatic carbocycles. The summed E-state index contributed by atoms with van der Waals surface area (Å²) in [7, 11) is -3.79. The van der Waals surface area contributed by atoms with E-state index in [1.165, 1.54) is 4.90 Å². The highest BCUT2D eigenvalue weighted by atomic mass is 35.5. The van der Waals surface area contributed by atoms with Gasteiger partial charge < -0.3 is 10.2 Å². The molecule has 0 saturated heterocycles. The Balaban J connectivity index is 2.42. The van der Waals surface area contributed by atoms with Gasteiger partial charge >= 0.3 is 0 Å². The maximum absolute atomic E-state index is 13.6. The zero-order valence-corrected chi connectivity index (χ0v) is 22.2. The van der Waals surface area contributed by atoms with E-state index < -0.39 is 28.5 Å². The quantitative estimate of drug-likeness (QED) is 0.525. The van der Waals surface area contributed by atoms with E-state index in [0.717, 1.165) is 28.1 Å². The molecule has 0 radical (unpaired) electrons. The molecule has 0 heterocycles. The fourth-order valence-electron chi connectivity index (χ4n) is 3.55. The number of benzene rings is 2. The molecule has 0 spiro atoms. The van der Waals surface area contributed by atoms with E-state index in [1.54, 1.807) is 32.0 Å². The number of hydrogen-bond donors (Lipinski definition) is 1. The molecule has 1 N–H and O–H groups in total. The van der Waals surface area contributed by atoms with Crippen LogP contribution in [0.25, 0.3) is 0 Å². The molecule has 2 aromatic rings. The van der Waals surface area contributed by atoms with E-state index in [-0.39, 0.29) is 18.5 Å². The van der Waals surface area contributed by atoms with Crippen LogP contribution in [0.4, 0.5) is 5.69 Å². The molecule has 2 rings (SSSR count). The van der Waals surface area contributed by atoms with Gasteiger partial charge in [-0.1, -0.05) is 48.4 Å². The molecule has 9 heteroatoms. The molecule has 34 heavy (non-hydrogen) atoms. The van der Waals surface area contributed by atoms with Crippen LogP contribution in [0.2, 0.25) is 5.02 Å². The fourth-order valence-corrected chi connectivity index (χ4v) is 4.68. The third kappa shape index (κ3) is 7.46. The number of nitrogens with one attached hydrogen (secondary N) is 1. The smallest absolute Gasteiger partial charge is 0.244 e. The summed E-state index contributed by atoms with van der Waals surface area (Å²) < 4.78 is 26.4. The molecule has 0 bridgehead atoms. The van der Waals surface area contributed by atoms with Gasteiger partial charge in [0, 0.05) is 17.6 Å². The minimum absolute atomic E-state index is 0.0462. The zero-order valence-electron chi connectivity index (χ0n) is 20.6. The van der Waals surface area contributed by atoms with Crippen LogP contribution < -0.4 is 9.62 Å². The Bertz CT molecular complexity index is 1140. The lowest BCUT2D eigenvalue weighted by atomic mass is 10.1. The Hall–Kier alpha value is -2.58. The monoisotopic (exact) mass is 507 g/mol. The Kier molecular flexibility index (Phi) is 9.53. The van der Waals surface area contributed by atoms with Crippen molar-refractivity contribution >= 4 is 39.1 Å². The molecule has 7 nitrogen and oxygen atoms in total. The molecule has 0 aliphatic rings. The highest BCUT2D eigenvalue weighted by Gasteiger charge is 2.31. The van der Waals surface area contributed by atoms with Gasteiger partial charge in [0.2, 0.25) is 21.8 Å². The molecule has 0 aliphatic carbocycles. The average Bonchev–Trinajstić information content (AvgIpc) is 2.74. The minimum Gasteiger partial charge on any atom is -0.352 e. The second kappa shape index (κ2) is 11.7. The van der Waals surface area contributed by atoms with Crippen LogP contribution in [0.3, 0.4) is 0 Å². The lowest BCUT2D eigenvalue weighted by Gasteiger charge is -2.32. The van der Waals surface area contributed by atoms with Crippen molar-refractivity contribution in [3.8, 4) is 0 Å². The van der Waals surface area contributed by atoms with Crippen molar-refractivity contribution in [1.82, 2.24) is 10.2 Å². The summed E-state index contributed by atoms with van der Waals surface area (Å²) >= 11 is 6.04. The SMILES string of the molecule is CC[C@@H](C)NC(=O)[C@@H](C)N(Cc1cccc(C)c1)C(=O)CN(c1ccc(Cl)cc1C)S(C)(=O)=O. The first-order valence-electron chi connectivity index (χ1n) is 11.2. The van der Waals surface area contributed by atoms with Crippen LogP contribution in [0.1, 0.15) is 43.9 Å². The lowest BCUT2D eigenvalue weighted by Crippen LogP contribution is -2.52. The standard InChI is InChI=1S/C25H34ClN3O4S/c1-7-19(4)27-25(31)20(5)28(15-21-10-8-9-17(2)13-21)24(30)16-29(34(6,32)33)23-12-11-22(26)14-18(23)3/h8-14,19-20H,7,15-16H2,1-6H3,(H,27,31)/t19-,20-/m1/s1. The summed E-state index contributed by atoms with van der Waals surface area (Å²) in [5.41, 5.74) is 2.87. The average molecular weight is 508 g/mol. The Morgan fingerprint density at radius 1 is 1.09 bits per heavy atom. The van der Waals surface area contributed by atoms with Gasteiger partial charge in [-0.05, 0) is 63.4 Å². The molecule has 2 amide bonds. The van der Waals surface area contributed by atoms with Gasteiger partial charge in [0.1, 0.15) is 12.6 Å². The molecular formula is C25H34ClN3O4S. The number of rotatable bonds is 10. The number of hydrogen-bond acceptors (Lipinski definition) is 4. The van der Waals surface area contributed by atoms with E-state index in [9.17, 15) is 18.0 Å². The third-order valence-electron chi connectivity index (χ3n) is 5.71. The lowest BCUT2D eigenvalue weighted by molar-refractivity contribution is -0.139. The van der Waals surface area contributed by atoms with Gasteiger partial charge in [0.05, 0.1) is 11.9 Å². The molecule has 2 atom stereocenters. The summed E-state index contributed by atoms with van der Waals surface area (Å²) in [6.07, 6.45) is 1.81. The summed E-state index contributed by atoms with van der Waals surface area (Å²) in [6.45, 7) is 8.93. The van der Waals surface area contributed by atoms with E-state index >= 15 is 0 Å². The normalized spacial score (nSPS) is 13.1. The Morgan fingerprint density at radius 3 is 2.32 bits per heavy atom. The topological polar surface area (TPSA) is 86.8 Å². The molecule has 0 fully saturated rings. The van der Waals surface area contributed by atoms with Crippen molar-refractivity contribution in [3.05, 3.63) is 64.2 Å².